The molecule has 22 heavy (non-hydrogen) atoms. The van der Waals surface area contributed by atoms with Crippen LogP contribution in [0.25, 0.3) is 21.9 Å². The minimum Gasteiger partial charge on any atom is -0.456 e. The third kappa shape index (κ3) is 2.81. The van der Waals surface area contributed by atoms with E-state index in [1.54, 1.807) is 0 Å². The molecule has 0 spiro atoms. The van der Waals surface area contributed by atoms with Crippen LogP contribution in [0, 0.1) is 5.92 Å². The van der Waals surface area contributed by atoms with Gasteiger partial charge in [0, 0.05) is 35.5 Å². The Morgan fingerprint density at radius 3 is 2.36 bits per heavy atom. The van der Waals surface area contributed by atoms with Crippen LogP contribution < -0.4 is 5.32 Å². The van der Waals surface area contributed by atoms with E-state index in [2.05, 4.69) is 37.4 Å². The Kier molecular flexibility index (Phi) is 4.08. The lowest BCUT2D eigenvalue weighted by Gasteiger charge is -2.09. The van der Waals surface area contributed by atoms with Gasteiger partial charge in [-0.15, -0.1) is 0 Å². The van der Waals surface area contributed by atoms with Gasteiger partial charge in [0.25, 0.3) is 0 Å². The van der Waals surface area contributed by atoms with Gasteiger partial charge in [0.05, 0.1) is 0 Å². The molecule has 116 valence electrons. The molecule has 3 heteroatoms. The van der Waals surface area contributed by atoms with Gasteiger partial charge < -0.3 is 14.8 Å². The van der Waals surface area contributed by atoms with Crippen molar-refractivity contribution in [1.82, 2.24) is 0 Å². The number of hydrogen-bond acceptors (Lipinski definition) is 3. The van der Waals surface area contributed by atoms with Gasteiger partial charge in [0.2, 0.25) is 0 Å². The monoisotopic (exact) mass is 297 g/mol. The van der Waals surface area contributed by atoms with Crippen LogP contribution in [0.4, 0.5) is 5.69 Å². The molecule has 0 radical (unpaired) electrons. The van der Waals surface area contributed by atoms with Crippen molar-refractivity contribution < 1.29 is 9.52 Å². The Morgan fingerprint density at radius 2 is 1.68 bits per heavy atom. The number of benzene rings is 2. The quantitative estimate of drug-likeness (QED) is 0.714. The normalized spacial score (nSPS) is 13.1. The zero-order chi connectivity index (χ0) is 15.7. The number of nitrogens with one attached hydrogen (secondary N) is 1. The Hall–Kier alpha value is -2.00. The van der Waals surface area contributed by atoms with Crippen molar-refractivity contribution in [3.63, 3.8) is 0 Å². The summed E-state index contributed by atoms with van der Waals surface area (Å²) < 4.78 is 5.91. The first-order chi connectivity index (χ1) is 10.6. The second kappa shape index (κ2) is 6.01. The molecule has 1 unspecified atom stereocenters. The molecule has 3 nitrogen and oxygen atoms in total. The summed E-state index contributed by atoms with van der Waals surface area (Å²) in [4.78, 5) is 0. The molecule has 0 saturated heterocycles. The molecule has 3 rings (SSSR count). The molecule has 2 N–H and O–H groups in total. The van der Waals surface area contributed by atoms with Crippen LogP contribution in [-0.2, 0) is 0 Å². The predicted molar refractivity (Wildman–Crippen MR) is 92.5 cm³/mol. The molecule has 0 saturated carbocycles. The molecular formula is C19H23NO2. The summed E-state index contributed by atoms with van der Waals surface area (Å²) in [6.07, 6.45) is 0. The summed E-state index contributed by atoms with van der Waals surface area (Å²) in [7, 11) is 0. The summed E-state index contributed by atoms with van der Waals surface area (Å²) in [5, 5.41) is 15.0. The first-order valence-corrected chi connectivity index (χ1v) is 7.89. The lowest BCUT2D eigenvalue weighted by molar-refractivity contribution is 0.273. The average Bonchev–Trinajstić information content (AvgIpc) is 2.89. The topological polar surface area (TPSA) is 45.4 Å². The number of aliphatic hydroxyl groups is 1. The van der Waals surface area contributed by atoms with Crippen molar-refractivity contribution in [3.8, 4) is 0 Å². The number of hydrogen-bond donors (Lipinski definition) is 2. The van der Waals surface area contributed by atoms with Gasteiger partial charge in [-0.2, -0.15) is 0 Å². The summed E-state index contributed by atoms with van der Waals surface area (Å²) >= 11 is 0. The van der Waals surface area contributed by atoms with E-state index in [1.807, 2.05) is 25.1 Å². The van der Waals surface area contributed by atoms with E-state index in [0.29, 0.717) is 5.92 Å². The minimum atomic E-state index is 0.136. The SMILES string of the molecule is CC(C)CNc1ccc2oc3ccc(C(C)CO)cc3c2c1. The van der Waals surface area contributed by atoms with Crippen molar-refractivity contribution in [3.05, 3.63) is 42.0 Å². The molecule has 0 aliphatic carbocycles. The van der Waals surface area contributed by atoms with Crippen LogP contribution in [0.2, 0.25) is 0 Å². The highest BCUT2D eigenvalue weighted by atomic mass is 16.3. The van der Waals surface area contributed by atoms with Crippen molar-refractivity contribution in [2.45, 2.75) is 26.7 Å². The van der Waals surface area contributed by atoms with Gasteiger partial charge in [0.15, 0.2) is 0 Å². The van der Waals surface area contributed by atoms with E-state index in [4.69, 9.17) is 4.42 Å². The fourth-order valence-corrected chi connectivity index (χ4v) is 2.64. The van der Waals surface area contributed by atoms with Gasteiger partial charge in [-0.1, -0.05) is 26.8 Å². The number of rotatable bonds is 5. The molecule has 1 aromatic heterocycles. The molecule has 3 aromatic rings. The number of fused-ring (bicyclic) bond motifs is 3. The number of anilines is 1. The van der Waals surface area contributed by atoms with E-state index in [9.17, 15) is 5.11 Å². The molecule has 1 atom stereocenters. The highest BCUT2D eigenvalue weighted by molar-refractivity contribution is 6.06. The lowest BCUT2D eigenvalue weighted by atomic mass is 10.00. The van der Waals surface area contributed by atoms with Crippen LogP contribution in [0.15, 0.2) is 40.8 Å². The molecule has 0 aliphatic heterocycles. The Bertz CT molecular complexity index is 789. The second-order valence-corrected chi connectivity index (χ2v) is 6.43. The Balaban J connectivity index is 2.06. The van der Waals surface area contributed by atoms with E-state index < -0.39 is 0 Å². The summed E-state index contributed by atoms with van der Waals surface area (Å²) in [6, 6.07) is 12.4. The molecule has 2 aromatic carbocycles. The Morgan fingerprint density at radius 1 is 1.00 bits per heavy atom. The maximum absolute atomic E-state index is 9.36. The summed E-state index contributed by atoms with van der Waals surface area (Å²) in [6.45, 7) is 7.53. The van der Waals surface area contributed by atoms with Crippen molar-refractivity contribution in [2.75, 3.05) is 18.5 Å². The molecule has 0 aliphatic rings. The van der Waals surface area contributed by atoms with Crippen molar-refractivity contribution in [2.24, 2.45) is 5.92 Å². The maximum atomic E-state index is 9.36. The fourth-order valence-electron chi connectivity index (χ4n) is 2.64. The molecule has 0 fully saturated rings. The third-order valence-electron chi connectivity index (χ3n) is 4.05. The van der Waals surface area contributed by atoms with Gasteiger partial charge >= 0.3 is 0 Å². The van der Waals surface area contributed by atoms with Crippen LogP contribution in [-0.4, -0.2) is 18.3 Å². The molecule has 0 bridgehead atoms. The van der Waals surface area contributed by atoms with E-state index in [0.717, 1.165) is 39.7 Å². The largest absolute Gasteiger partial charge is 0.456 e. The fraction of sp³-hybridized carbons (Fsp3) is 0.368. The number of aliphatic hydroxyl groups excluding tert-OH is 1. The third-order valence-corrected chi connectivity index (χ3v) is 4.05. The lowest BCUT2D eigenvalue weighted by Crippen LogP contribution is -2.07. The molecular weight excluding hydrogens is 274 g/mol. The molecule has 1 heterocycles. The van der Waals surface area contributed by atoms with Crippen LogP contribution in [0.5, 0.6) is 0 Å². The maximum Gasteiger partial charge on any atom is 0.135 e. The van der Waals surface area contributed by atoms with Gasteiger partial charge in [-0.3, -0.25) is 0 Å². The van der Waals surface area contributed by atoms with E-state index in [1.165, 1.54) is 0 Å². The van der Waals surface area contributed by atoms with Crippen LogP contribution >= 0.6 is 0 Å². The smallest absolute Gasteiger partial charge is 0.135 e. The first kappa shape index (κ1) is 14.9. The second-order valence-electron chi connectivity index (χ2n) is 6.43. The highest BCUT2D eigenvalue weighted by Gasteiger charge is 2.11. The number of furan rings is 1. The van der Waals surface area contributed by atoms with Crippen LogP contribution in [0.3, 0.4) is 0 Å². The summed E-state index contributed by atoms with van der Waals surface area (Å²) in [5.41, 5.74) is 4.05. The summed E-state index contributed by atoms with van der Waals surface area (Å²) in [5.74, 6) is 0.741. The van der Waals surface area contributed by atoms with Gasteiger partial charge in [0.1, 0.15) is 11.2 Å². The Labute approximate surface area is 130 Å². The van der Waals surface area contributed by atoms with Crippen molar-refractivity contribution >= 4 is 27.6 Å². The average molecular weight is 297 g/mol. The first-order valence-electron chi connectivity index (χ1n) is 7.89. The predicted octanol–water partition coefficient (Wildman–Crippen LogP) is 4.75. The zero-order valence-corrected chi connectivity index (χ0v) is 13.4. The van der Waals surface area contributed by atoms with Crippen LogP contribution in [0.1, 0.15) is 32.3 Å². The van der Waals surface area contributed by atoms with Crippen molar-refractivity contribution in [1.29, 1.82) is 0 Å². The molecule has 0 amide bonds. The van der Waals surface area contributed by atoms with Gasteiger partial charge in [-0.05, 0) is 41.8 Å². The standard InChI is InChI=1S/C19H23NO2/c1-12(2)10-20-15-5-7-19-17(9-15)16-8-14(13(3)11-21)4-6-18(16)22-19/h4-9,12-13,20-21H,10-11H2,1-3H3. The highest BCUT2D eigenvalue weighted by Crippen LogP contribution is 2.32. The van der Waals surface area contributed by atoms with Gasteiger partial charge in [-0.25, -0.2) is 0 Å². The van der Waals surface area contributed by atoms with E-state index >= 15 is 0 Å². The zero-order valence-electron chi connectivity index (χ0n) is 13.4. The minimum absolute atomic E-state index is 0.136. The van der Waals surface area contributed by atoms with E-state index in [-0.39, 0.29) is 12.5 Å².